The van der Waals surface area contributed by atoms with Crippen LogP contribution in [0.3, 0.4) is 0 Å². The highest BCUT2D eigenvalue weighted by atomic mass is 79.9. The number of rotatable bonds is 3. The van der Waals surface area contributed by atoms with E-state index in [1.54, 1.807) is 0 Å². The average Bonchev–Trinajstić information content (AvgIpc) is 2.74. The van der Waals surface area contributed by atoms with Crippen LogP contribution in [0.1, 0.15) is 25.0 Å². The van der Waals surface area contributed by atoms with Gasteiger partial charge in [0.05, 0.1) is 28.2 Å². The summed E-state index contributed by atoms with van der Waals surface area (Å²) in [4.78, 5) is 0. The third-order valence-electron chi connectivity index (χ3n) is 7.76. The topological polar surface area (TPSA) is 58.9 Å². The zero-order valence-electron chi connectivity index (χ0n) is 21.0. The Bertz CT molecular complexity index is 888. The predicted octanol–water partition coefficient (Wildman–Crippen LogP) is -3.36. The maximum absolute atomic E-state index is 11.1. The van der Waals surface area contributed by atoms with E-state index in [4.69, 9.17) is 9.47 Å². The molecule has 34 heavy (non-hydrogen) atoms. The second kappa shape index (κ2) is 10.3. The standard InChI is InChI=1S/C26H38N2O4.2BrH/c1-19-15-31-25(29,17-27(19,3)4)23-11-7-21(8-12-23)22-9-13-24(14-10-22)26(30)18-28(5,6)20(2)16-32-26;;/h7-14,19-20,29-30H,15-18H2,1-6H3;2*1H/q+2;;/p-2. The van der Waals surface area contributed by atoms with Gasteiger partial charge in [0, 0.05) is 11.1 Å². The molecule has 2 saturated heterocycles. The number of quaternary nitrogens is 2. The van der Waals surface area contributed by atoms with Crippen LogP contribution >= 0.6 is 0 Å². The fraction of sp³-hybridized carbons (Fsp3) is 0.538. The number of likely N-dealkylation sites (N-methyl/N-ethyl adjacent to an activating group) is 2. The molecule has 0 amide bonds. The van der Waals surface area contributed by atoms with E-state index in [2.05, 4.69) is 42.0 Å². The number of morpholine rings is 2. The van der Waals surface area contributed by atoms with Crippen molar-refractivity contribution in [1.82, 2.24) is 0 Å². The minimum Gasteiger partial charge on any atom is -1.00 e. The summed E-state index contributed by atoms with van der Waals surface area (Å²) in [5.74, 6) is -2.55. The van der Waals surface area contributed by atoms with Crippen molar-refractivity contribution in [2.45, 2.75) is 37.5 Å². The fourth-order valence-corrected chi connectivity index (χ4v) is 4.62. The van der Waals surface area contributed by atoms with E-state index in [-0.39, 0.29) is 34.0 Å². The normalized spacial score (nSPS) is 32.2. The zero-order chi connectivity index (χ0) is 23.4. The molecule has 2 heterocycles. The van der Waals surface area contributed by atoms with Gasteiger partial charge in [-0.1, -0.05) is 48.5 Å². The first kappa shape index (κ1) is 29.4. The van der Waals surface area contributed by atoms with Gasteiger partial charge in [-0.3, -0.25) is 0 Å². The Morgan fingerprint density at radius 1 is 0.647 bits per heavy atom. The van der Waals surface area contributed by atoms with Crippen LogP contribution in [-0.2, 0) is 21.0 Å². The van der Waals surface area contributed by atoms with Crippen molar-refractivity contribution in [2.24, 2.45) is 0 Å². The van der Waals surface area contributed by atoms with Crippen molar-refractivity contribution < 1.29 is 62.6 Å². The van der Waals surface area contributed by atoms with Crippen molar-refractivity contribution in [3.05, 3.63) is 59.7 Å². The first-order valence-electron chi connectivity index (χ1n) is 11.4. The Morgan fingerprint density at radius 2 is 0.941 bits per heavy atom. The first-order valence-corrected chi connectivity index (χ1v) is 11.4. The summed E-state index contributed by atoms with van der Waals surface area (Å²) in [5, 5.41) is 22.3. The van der Waals surface area contributed by atoms with Gasteiger partial charge in [-0.15, -0.1) is 0 Å². The number of nitrogens with zero attached hydrogens (tertiary/aromatic N) is 2. The van der Waals surface area contributed by atoms with Gasteiger partial charge in [-0.05, 0) is 25.0 Å². The number of hydrogen-bond donors (Lipinski definition) is 2. The molecular formula is C26H38Br2N2O4. The van der Waals surface area contributed by atoms with Crippen molar-refractivity contribution in [1.29, 1.82) is 0 Å². The number of aliphatic hydroxyl groups is 2. The molecule has 0 saturated carbocycles. The highest BCUT2D eigenvalue weighted by Crippen LogP contribution is 2.35. The molecule has 4 atom stereocenters. The monoisotopic (exact) mass is 600 g/mol. The summed E-state index contributed by atoms with van der Waals surface area (Å²) >= 11 is 0. The van der Waals surface area contributed by atoms with E-state index in [0.717, 1.165) is 22.3 Å². The van der Waals surface area contributed by atoms with Gasteiger partial charge in [0.1, 0.15) is 38.4 Å². The Labute approximate surface area is 224 Å². The Hall–Kier alpha value is -0.840. The van der Waals surface area contributed by atoms with Gasteiger partial charge in [0.25, 0.3) is 0 Å². The van der Waals surface area contributed by atoms with Gasteiger partial charge < -0.3 is 62.6 Å². The van der Waals surface area contributed by atoms with Gasteiger partial charge in [0.15, 0.2) is 0 Å². The quantitative estimate of drug-likeness (QED) is 0.361. The van der Waals surface area contributed by atoms with E-state index in [9.17, 15) is 10.2 Å². The molecule has 0 aromatic heterocycles. The van der Waals surface area contributed by atoms with E-state index in [0.29, 0.717) is 47.4 Å². The van der Waals surface area contributed by atoms with Crippen LogP contribution in [0, 0.1) is 0 Å². The van der Waals surface area contributed by atoms with Crippen LogP contribution < -0.4 is 34.0 Å². The van der Waals surface area contributed by atoms with Gasteiger partial charge in [0.2, 0.25) is 11.6 Å². The minimum absolute atomic E-state index is 0. The zero-order valence-corrected chi connectivity index (χ0v) is 24.1. The summed E-state index contributed by atoms with van der Waals surface area (Å²) in [7, 11) is 8.49. The lowest BCUT2D eigenvalue weighted by Crippen LogP contribution is -3.00. The second-order valence-corrected chi connectivity index (χ2v) is 10.9. The molecular weight excluding hydrogens is 564 g/mol. The molecule has 2 aliphatic heterocycles. The Kier molecular flexibility index (Phi) is 8.87. The highest BCUT2D eigenvalue weighted by molar-refractivity contribution is 5.64. The van der Waals surface area contributed by atoms with Crippen LogP contribution in [0.15, 0.2) is 48.5 Å². The minimum atomic E-state index is -1.28. The number of hydrogen-bond acceptors (Lipinski definition) is 4. The summed E-state index contributed by atoms with van der Waals surface area (Å²) in [6.45, 7) is 6.34. The van der Waals surface area contributed by atoms with E-state index in [1.165, 1.54) is 0 Å². The lowest BCUT2D eigenvalue weighted by atomic mass is 9.95. The van der Waals surface area contributed by atoms with Gasteiger partial charge in [-0.2, -0.15) is 0 Å². The number of benzene rings is 2. The van der Waals surface area contributed by atoms with E-state index >= 15 is 0 Å². The molecule has 4 rings (SSSR count). The van der Waals surface area contributed by atoms with Crippen LogP contribution in [0.5, 0.6) is 0 Å². The summed E-state index contributed by atoms with van der Waals surface area (Å²) in [5.41, 5.74) is 3.64. The largest absolute Gasteiger partial charge is 1.00 e. The Balaban J connectivity index is 0.00000204. The third-order valence-corrected chi connectivity index (χ3v) is 7.76. The number of halogens is 2. The molecule has 4 unspecified atom stereocenters. The third kappa shape index (κ3) is 5.60. The maximum atomic E-state index is 11.1. The molecule has 2 aliphatic rings. The smallest absolute Gasteiger partial charge is 0.243 e. The van der Waals surface area contributed by atoms with Crippen molar-refractivity contribution in [3.8, 4) is 11.1 Å². The Morgan fingerprint density at radius 3 is 1.21 bits per heavy atom. The van der Waals surface area contributed by atoms with E-state index < -0.39 is 11.6 Å². The van der Waals surface area contributed by atoms with Gasteiger partial charge >= 0.3 is 0 Å². The average molecular weight is 602 g/mol. The SMILES string of the molecule is CC1COC(O)(c2ccc(-c3ccc(C4(O)C[N+](C)(C)C(C)CO4)cc3)cc2)C[N+]1(C)C.[Br-].[Br-]. The van der Waals surface area contributed by atoms with Crippen molar-refractivity contribution in [2.75, 3.05) is 54.5 Å². The molecule has 0 aliphatic carbocycles. The lowest BCUT2D eigenvalue weighted by molar-refractivity contribution is -0.935. The molecule has 190 valence electrons. The summed E-state index contributed by atoms with van der Waals surface area (Å²) < 4.78 is 13.1. The summed E-state index contributed by atoms with van der Waals surface area (Å²) in [6, 6.07) is 16.5. The van der Waals surface area contributed by atoms with E-state index in [1.807, 2.05) is 48.5 Å². The van der Waals surface area contributed by atoms with Crippen LogP contribution in [0.25, 0.3) is 11.1 Å². The molecule has 2 aromatic rings. The predicted molar refractivity (Wildman–Crippen MR) is 124 cm³/mol. The van der Waals surface area contributed by atoms with Crippen LogP contribution in [0.2, 0.25) is 0 Å². The van der Waals surface area contributed by atoms with Gasteiger partial charge in [-0.25, -0.2) is 0 Å². The molecule has 0 radical (unpaired) electrons. The van der Waals surface area contributed by atoms with Crippen LogP contribution in [0.4, 0.5) is 0 Å². The molecule has 6 nitrogen and oxygen atoms in total. The molecule has 8 heteroatoms. The molecule has 2 N–H and O–H groups in total. The molecule has 0 bridgehead atoms. The molecule has 0 spiro atoms. The second-order valence-electron chi connectivity index (χ2n) is 10.9. The molecule has 2 aromatic carbocycles. The summed E-state index contributed by atoms with van der Waals surface area (Å²) in [6.07, 6.45) is 0. The maximum Gasteiger partial charge on any atom is 0.243 e. The highest BCUT2D eigenvalue weighted by Gasteiger charge is 2.46. The lowest BCUT2D eigenvalue weighted by Gasteiger charge is -2.47. The number of ether oxygens (including phenoxy) is 2. The van der Waals surface area contributed by atoms with Crippen molar-refractivity contribution >= 4 is 0 Å². The first-order chi connectivity index (χ1) is 14.8. The van der Waals surface area contributed by atoms with Crippen LogP contribution in [-0.4, -0.2) is 85.8 Å². The molecule has 2 fully saturated rings. The van der Waals surface area contributed by atoms with Crippen molar-refractivity contribution in [3.63, 3.8) is 0 Å². The fourth-order valence-electron chi connectivity index (χ4n) is 4.62.